The van der Waals surface area contributed by atoms with E-state index in [0.717, 1.165) is 39.0 Å². The molecule has 1 aliphatic carbocycles. The molecule has 3 aliphatic heterocycles. The molecule has 1 fully saturated rings. The maximum absolute atomic E-state index is 6.44. The van der Waals surface area contributed by atoms with E-state index in [9.17, 15) is 0 Å². The second-order valence-electron chi connectivity index (χ2n) is 25.8. The van der Waals surface area contributed by atoms with Crippen molar-refractivity contribution in [1.82, 2.24) is 0 Å². The molecule has 0 saturated heterocycles. The van der Waals surface area contributed by atoms with Crippen molar-refractivity contribution < 1.29 is 4.42 Å². The van der Waals surface area contributed by atoms with Gasteiger partial charge < -0.3 is 19.1 Å². The number of fused-ring (bicyclic) bond motifs is 10. The van der Waals surface area contributed by atoms with Crippen LogP contribution in [0.2, 0.25) is 0 Å². The predicted molar refractivity (Wildman–Crippen MR) is 317 cm³/mol. The van der Waals surface area contributed by atoms with E-state index in [2.05, 4.69) is 256 Å². The molecular formula is C69H70BN3O. The van der Waals surface area contributed by atoms with Crippen LogP contribution < -0.4 is 31.1 Å². The van der Waals surface area contributed by atoms with Gasteiger partial charge in [-0.05, 0) is 165 Å². The number of benzene rings is 8. The van der Waals surface area contributed by atoms with Crippen LogP contribution in [-0.4, -0.2) is 12.3 Å². The monoisotopic (exact) mass is 968 g/mol. The largest absolute Gasteiger partial charge is 0.456 e. The summed E-state index contributed by atoms with van der Waals surface area (Å²) in [6.45, 7) is 28.7. The van der Waals surface area contributed by atoms with E-state index in [0.29, 0.717) is 0 Å². The SMILES string of the molecule is Cc1cc2c3c(c1)N1c4c(cc(C(C)(C)C)cc4C4(C)CCCCC14C)B3c1ccc(N(c3ccc(C(C)(C)C)cc3)c3ccc4oc5ccccc5c4c3)cc1N2c1ccc(C(C)(C)C)cc1-c1ccccc1. The average molecular weight is 968 g/mol. The van der Waals surface area contributed by atoms with Crippen molar-refractivity contribution in [2.45, 2.75) is 136 Å². The molecule has 4 aliphatic rings. The predicted octanol–water partition coefficient (Wildman–Crippen LogP) is 17.3. The Labute approximate surface area is 440 Å². The summed E-state index contributed by atoms with van der Waals surface area (Å²) in [5.74, 6) is 0. The third-order valence-electron chi connectivity index (χ3n) is 18.1. The highest BCUT2D eigenvalue weighted by Gasteiger charge is 2.61. The molecular weight excluding hydrogens is 898 g/mol. The Hall–Kier alpha value is -6.98. The Kier molecular flexibility index (Phi) is 10.1. The van der Waals surface area contributed by atoms with Gasteiger partial charge in [0.2, 0.25) is 0 Å². The van der Waals surface area contributed by atoms with Crippen molar-refractivity contribution in [2.24, 2.45) is 0 Å². The number of nitrogens with zero attached hydrogens (tertiary/aromatic N) is 3. The average Bonchev–Trinajstić information content (AvgIpc) is 3.84. The molecule has 74 heavy (non-hydrogen) atoms. The Morgan fingerprint density at radius 1 is 0.514 bits per heavy atom. The fraction of sp³-hybridized carbons (Fsp3) is 0.304. The maximum atomic E-state index is 6.44. The lowest BCUT2D eigenvalue weighted by atomic mass is 9.33. The molecule has 5 heteroatoms. The summed E-state index contributed by atoms with van der Waals surface area (Å²) >= 11 is 0. The highest BCUT2D eigenvalue weighted by molar-refractivity contribution is 7.00. The van der Waals surface area contributed by atoms with Gasteiger partial charge in [-0.2, -0.15) is 0 Å². The van der Waals surface area contributed by atoms with Gasteiger partial charge in [0, 0.05) is 61.6 Å². The van der Waals surface area contributed by atoms with E-state index in [-0.39, 0.29) is 33.9 Å². The highest BCUT2D eigenvalue weighted by Crippen LogP contribution is 2.62. The Bertz CT molecular complexity index is 3750. The molecule has 4 nitrogen and oxygen atoms in total. The Morgan fingerprint density at radius 2 is 1.15 bits per heavy atom. The molecule has 4 heterocycles. The molecule has 0 spiro atoms. The van der Waals surface area contributed by atoms with Crippen molar-refractivity contribution >= 4 is 90.5 Å². The number of rotatable bonds is 5. The normalized spacial score (nSPS) is 18.9. The van der Waals surface area contributed by atoms with E-state index in [4.69, 9.17) is 4.42 Å². The van der Waals surface area contributed by atoms with Crippen LogP contribution in [0, 0.1) is 6.92 Å². The van der Waals surface area contributed by atoms with Crippen LogP contribution >= 0.6 is 0 Å². The van der Waals surface area contributed by atoms with Crippen molar-refractivity contribution in [3.8, 4) is 11.1 Å². The zero-order valence-corrected chi connectivity index (χ0v) is 45.7. The van der Waals surface area contributed by atoms with Crippen LogP contribution in [0.5, 0.6) is 0 Å². The van der Waals surface area contributed by atoms with Crippen LogP contribution in [0.4, 0.5) is 45.5 Å². The minimum absolute atomic E-state index is 0.000805. The summed E-state index contributed by atoms with van der Waals surface area (Å²) in [6, 6.07) is 60.5. The van der Waals surface area contributed by atoms with Crippen molar-refractivity contribution in [3.05, 3.63) is 186 Å². The third-order valence-corrected chi connectivity index (χ3v) is 18.1. The molecule has 9 aromatic rings. The van der Waals surface area contributed by atoms with E-state index in [1.54, 1.807) is 5.56 Å². The van der Waals surface area contributed by atoms with E-state index < -0.39 is 0 Å². The Morgan fingerprint density at radius 3 is 1.89 bits per heavy atom. The van der Waals surface area contributed by atoms with Crippen LogP contribution in [0.25, 0.3) is 33.1 Å². The molecule has 2 atom stereocenters. The van der Waals surface area contributed by atoms with Gasteiger partial charge in [-0.1, -0.05) is 167 Å². The smallest absolute Gasteiger partial charge is 0.252 e. The van der Waals surface area contributed by atoms with Crippen LogP contribution in [0.15, 0.2) is 162 Å². The van der Waals surface area contributed by atoms with Gasteiger partial charge in [0.1, 0.15) is 11.2 Å². The number of para-hydroxylation sites is 1. The minimum atomic E-state index is -0.0751. The number of anilines is 8. The molecule has 1 aromatic heterocycles. The van der Waals surface area contributed by atoms with E-state index in [1.165, 1.54) is 104 Å². The fourth-order valence-electron chi connectivity index (χ4n) is 13.7. The Balaban J connectivity index is 1.13. The standard InChI is InChI=1S/C69H70BN3O/c1-43-36-59-63-60(37-43)73-64-54(68(11)34-18-19-35-69(68,73)12)39-47(67(8,9)10)40-56(64)70(63)55-31-29-50(42-58(55)72(59)57-32-26-46(66(5,6)7)38-52(57)44-20-14-13-15-21-44)71(48-27-24-45(25-28-48)65(2,3)4)49-30-33-62-53(41-49)51-22-16-17-23-61(51)74-62/h13-17,20-33,36-42H,18-19,34-35H2,1-12H3. The summed E-state index contributed by atoms with van der Waals surface area (Å²) in [4.78, 5) is 8.02. The molecule has 13 rings (SSSR count). The zero-order valence-electron chi connectivity index (χ0n) is 45.7. The van der Waals surface area contributed by atoms with Gasteiger partial charge in [0.15, 0.2) is 0 Å². The molecule has 370 valence electrons. The second-order valence-corrected chi connectivity index (χ2v) is 25.8. The lowest BCUT2D eigenvalue weighted by Crippen LogP contribution is -2.64. The van der Waals surface area contributed by atoms with Gasteiger partial charge in [0.05, 0.1) is 11.2 Å². The van der Waals surface area contributed by atoms with Gasteiger partial charge in [-0.25, -0.2) is 0 Å². The molecule has 0 N–H and O–H groups in total. The van der Waals surface area contributed by atoms with Crippen molar-refractivity contribution in [3.63, 3.8) is 0 Å². The number of hydrogen-bond acceptors (Lipinski definition) is 4. The second kappa shape index (κ2) is 16.0. The summed E-state index contributed by atoms with van der Waals surface area (Å²) in [6.07, 6.45) is 4.86. The van der Waals surface area contributed by atoms with Gasteiger partial charge >= 0.3 is 0 Å². The lowest BCUT2D eigenvalue weighted by molar-refractivity contribution is 0.195. The number of furan rings is 1. The summed E-state index contributed by atoms with van der Waals surface area (Å²) < 4.78 is 6.44. The van der Waals surface area contributed by atoms with Crippen LogP contribution in [-0.2, 0) is 21.7 Å². The molecule has 1 saturated carbocycles. The van der Waals surface area contributed by atoms with Crippen molar-refractivity contribution in [2.75, 3.05) is 14.7 Å². The van der Waals surface area contributed by atoms with Crippen LogP contribution in [0.3, 0.4) is 0 Å². The molecule has 0 radical (unpaired) electrons. The lowest BCUT2D eigenvalue weighted by Gasteiger charge is -2.53. The van der Waals surface area contributed by atoms with Gasteiger partial charge in [-0.15, -0.1) is 0 Å². The molecule has 0 bridgehead atoms. The first-order chi connectivity index (χ1) is 35.2. The van der Waals surface area contributed by atoms with Crippen molar-refractivity contribution in [1.29, 1.82) is 0 Å². The first kappa shape index (κ1) is 46.8. The summed E-state index contributed by atoms with van der Waals surface area (Å²) in [7, 11) is 0. The highest BCUT2D eigenvalue weighted by atomic mass is 16.3. The number of hydrogen-bond donors (Lipinski definition) is 0. The summed E-state index contributed by atoms with van der Waals surface area (Å²) in [5, 5.41) is 2.23. The topological polar surface area (TPSA) is 22.9 Å². The minimum Gasteiger partial charge on any atom is -0.456 e. The van der Waals surface area contributed by atoms with Gasteiger partial charge in [-0.3, -0.25) is 0 Å². The summed E-state index contributed by atoms with van der Waals surface area (Å²) in [5.41, 5.74) is 25.0. The molecule has 2 unspecified atom stereocenters. The fourth-order valence-corrected chi connectivity index (χ4v) is 13.7. The molecule has 8 aromatic carbocycles. The number of aryl methyl sites for hydroxylation is 1. The van der Waals surface area contributed by atoms with E-state index >= 15 is 0 Å². The third kappa shape index (κ3) is 6.87. The quantitative estimate of drug-likeness (QED) is 0.160. The zero-order chi connectivity index (χ0) is 51.4. The van der Waals surface area contributed by atoms with E-state index in [1.807, 2.05) is 0 Å². The van der Waals surface area contributed by atoms with Gasteiger partial charge in [0.25, 0.3) is 6.71 Å². The first-order valence-electron chi connectivity index (χ1n) is 27.3. The molecule has 0 amide bonds. The van der Waals surface area contributed by atoms with Crippen LogP contribution in [0.1, 0.15) is 130 Å². The maximum Gasteiger partial charge on any atom is 0.252 e. The first-order valence-corrected chi connectivity index (χ1v) is 27.3.